The molecule has 4 nitrogen and oxygen atoms in total. The van der Waals surface area contributed by atoms with Crippen molar-refractivity contribution in [1.82, 2.24) is 10.3 Å². The zero-order valence-electron chi connectivity index (χ0n) is 12.5. The van der Waals surface area contributed by atoms with E-state index in [1.165, 1.54) is 6.07 Å². The van der Waals surface area contributed by atoms with Gasteiger partial charge in [-0.25, -0.2) is 0 Å². The van der Waals surface area contributed by atoms with Crippen LogP contribution in [0.3, 0.4) is 0 Å². The number of carbonyl (C=O) groups excluding carboxylic acids is 1. The summed E-state index contributed by atoms with van der Waals surface area (Å²) >= 11 is 3.39. The first-order chi connectivity index (χ1) is 11.0. The normalized spacial score (nSPS) is 12.1. The minimum absolute atomic E-state index is 0.159. The first kappa shape index (κ1) is 15.5. The number of fused-ring (bicyclic) bond motifs is 1. The number of benzene rings is 2. The predicted molar refractivity (Wildman–Crippen MR) is 94.6 cm³/mol. The Morgan fingerprint density at radius 2 is 1.83 bits per heavy atom. The van der Waals surface area contributed by atoms with Crippen LogP contribution in [0.4, 0.5) is 0 Å². The van der Waals surface area contributed by atoms with Gasteiger partial charge < -0.3 is 10.3 Å². The number of hydrogen-bond donors (Lipinski definition) is 2. The lowest BCUT2D eigenvalue weighted by atomic mass is 10.1. The number of amides is 1. The molecule has 1 atom stereocenters. The second kappa shape index (κ2) is 6.38. The highest BCUT2D eigenvalue weighted by molar-refractivity contribution is 9.10. The lowest BCUT2D eigenvalue weighted by molar-refractivity contribution is 0.0941. The van der Waals surface area contributed by atoms with Crippen molar-refractivity contribution in [3.05, 3.63) is 80.6 Å². The van der Waals surface area contributed by atoms with Crippen LogP contribution in [-0.2, 0) is 0 Å². The fourth-order valence-electron chi connectivity index (χ4n) is 2.50. The lowest BCUT2D eigenvalue weighted by Gasteiger charge is -2.15. The Balaban J connectivity index is 1.91. The molecule has 0 aliphatic carbocycles. The highest BCUT2D eigenvalue weighted by Gasteiger charge is 2.15. The minimum atomic E-state index is -0.287. The maximum Gasteiger partial charge on any atom is 0.252 e. The van der Waals surface area contributed by atoms with E-state index in [-0.39, 0.29) is 17.5 Å². The number of hydrogen-bond acceptors (Lipinski definition) is 2. The topological polar surface area (TPSA) is 62.0 Å². The third-order valence-corrected chi connectivity index (χ3v) is 4.24. The molecule has 1 aromatic heterocycles. The van der Waals surface area contributed by atoms with Gasteiger partial charge in [-0.2, -0.15) is 0 Å². The maximum absolute atomic E-state index is 12.6. The molecule has 0 fully saturated rings. The molecular formula is C18H15BrN2O2. The highest BCUT2D eigenvalue weighted by Crippen LogP contribution is 2.19. The van der Waals surface area contributed by atoms with Gasteiger partial charge in [0.2, 0.25) is 5.56 Å². The van der Waals surface area contributed by atoms with E-state index in [2.05, 4.69) is 26.2 Å². The standard InChI is InChI=1S/C18H15BrN2O2/c1-11(12-6-8-13(19)9-7-12)20-18(23)15-10-17(22)21-16-5-3-2-4-14(15)16/h2-11H,1H3,(H,20,23)(H,21,22). The van der Waals surface area contributed by atoms with Crippen LogP contribution in [0.2, 0.25) is 0 Å². The van der Waals surface area contributed by atoms with Gasteiger partial charge in [-0.15, -0.1) is 0 Å². The van der Waals surface area contributed by atoms with Crippen molar-refractivity contribution in [3.8, 4) is 0 Å². The molecule has 1 amide bonds. The molecule has 0 aliphatic heterocycles. The third kappa shape index (κ3) is 3.35. The van der Waals surface area contributed by atoms with Crippen molar-refractivity contribution in [2.75, 3.05) is 0 Å². The van der Waals surface area contributed by atoms with Crippen LogP contribution in [-0.4, -0.2) is 10.9 Å². The molecule has 0 aliphatic rings. The van der Waals surface area contributed by atoms with Gasteiger partial charge in [-0.1, -0.05) is 46.3 Å². The van der Waals surface area contributed by atoms with E-state index < -0.39 is 0 Å². The Kier molecular flexibility index (Phi) is 4.30. The Morgan fingerprint density at radius 1 is 1.13 bits per heavy atom. The zero-order valence-corrected chi connectivity index (χ0v) is 14.1. The Morgan fingerprint density at radius 3 is 2.57 bits per heavy atom. The Bertz CT molecular complexity index is 916. The summed E-state index contributed by atoms with van der Waals surface area (Å²) in [6.45, 7) is 1.91. The van der Waals surface area contributed by atoms with E-state index in [9.17, 15) is 9.59 Å². The third-order valence-electron chi connectivity index (χ3n) is 3.71. The highest BCUT2D eigenvalue weighted by atomic mass is 79.9. The minimum Gasteiger partial charge on any atom is -0.345 e. The van der Waals surface area contributed by atoms with Crippen molar-refractivity contribution in [1.29, 1.82) is 0 Å². The predicted octanol–water partition coefficient (Wildman–Crippen LogP) is 3.78. The molecule has 0 saturated carbocycles. The summed E-state index contributed by atoms with van der Waals surface area (Å²) in [5, 5.41) is 3.67. The number of aromatic amines is 1. The number of H-pyrrole nitrogens is 1. The molecule has 1 unspecified atom stereocenters. The molecule has 2 N–H and O–H groups in total. The molecule has 0 spiro atoms. The Labute approximate surface area is 141 Å². The van der Waals surface area contributed by atoms with Crippen molar-refractivity contribution in [3.63, 3.8) is 0 Å². The molecule has 2 aromatic carbocycles. The largest absolute Gasteiger partial charge is 0.345 e. The first-order valence-electron chi connectivity index (χ1n) is 7.23. The maximum atomic E-state index is 12.6. The lowest BCUT2D eigenvalue weighted by Crippen LogP contribution is -2.28. The second-order valence-electron chi connectivity index (χ2n) is 5.34. The number of carbonyl (C=O) groups is 1. The number of nitrogens with one attached hydrogen (secondary N) is 2. The summed E-state index contributed by atoms with van der Waals surface area (Å²) in [4.78, 5) is 27.1. The molecule has 0 saturated heterocycles. The van der Waals surface area contributed by atoms with Gasteiger partial charge in [-0.3, -0.25) is 9.59 Å². The van der Waals surface area contributed by atoms with Crippen LogP contribution >= 0.6 is 15.9 Å². The molecule has 3 aromatic rings. The summed E-state index contributed by atoms with van der Waals surface area (Å²) in [7, 11) is 0. The second-order valence-corrected chi connectivity index (χ2v) is 6.26. The van der Waals surface area contributed by atoms with E-state index in [4.69, 9.17) is 0 Å². The van der Waals surface area contributed by atoms with Crippen LogP contribution in [0.25, 0.3) is 10.9 Å². The van der Waals surface area contributed by atoms with E-state index in [0.29, 0.717) is 11.1 Å². The average Bonchev–Trinajstić information content (AvgIpc) is 2.54. The number of pyridine rings is 1. The summed E-state index contributed by atoms with van der Waals surface area (Å²) < 4.78 is 0.986. The van der Waals surface area contributed by atoms with Gasteiger partial charge in [0.15, 0.2) is 0 Å². The fourth-order valence-corrected chi connectivity index (χ4v) is 2.77. The van der Waals surface area contributed by atoms with Crippen molar-refractivity contribution in [2.45, 2.75) is 13.0 Å². The molecule has 116 valence electrons. The van der Waals surface area contributed by atoms with Gasteiger partial charge in [0.1, 0.15) is 0 Å². The smallest absolute Gasteiger partial charge is 0.252 e. The molecule has 0 bridgehead atoms. The molecule has 1 heterocycles. The molecule has 0 radical (unpaired) electrons. The van der Waals surface area contributed by atoms with E-state index in [1.54, 1.807) is 6.07 Å². The first-order valence-corrected chi connectivity index (χ1v) is 8.02. The van der Waals surface area contributed by atoms with Gasteiger partial charge in [0.25, 0.3) is 5.91 Å². The zero-order chi connectivity index (χ0) is 16.4. The molecule has 3 rings (SSSR count). The number of para-hydroxylation sites is 1. The van der Waals surface area contributed by atoms with Gasteiger partial charge in [0, 0.05) is 21.4 Å². The van der Waals surface area contributed by atoms with Crippen LogP contribution in [0.1, 0.15) is 28.9 Å². The molecular weight excluding hydrogens is 356 g/mol. The van der Waals surface area contributed by atoms with Crippen LogP contribution < -0.4 is 10.9 Å². The number of rotatable bonds is 3. The average molecular weight is 371 g/mol. The monoisotopic (exact) mass is 370 g/mol. The number of halogens is 1. The van der Waals surface area contributed by atoms with Crippen molar-refractivity contribution >= 4 is 32.7 Å². The molecule has 23 heavy (non-hydrogen) atoms. The molecule has 5 heteroatoms. The van der Waals surface area contributed by atoms with E-state index >= 15 is 0 Å². The van der Waals surface area contributed by atoms with Crippen molar-refractivity contribution < 1.29 is 4.79 Å². The Hall–Kier alpha value is -2.40. The van der Waals surface area contributed by atoms with Gasteiger partial charge in [-0.05, 0) is 30.7 Å². The summed E-state index contributed by atoms with van der Waals surface area (Å²) in [5.74, 6) is -0.261. The fraction of sp³-hybridized carbons (Fsp3) is 0.111. The van der Waals surface area contributed by atoms with E-state index in [0.717, 1.165) is 15.4 Å². The summed E-state index contributed by atoms with van der Waals surface area (Å²) in [5.41, 5.74) is 1.75. The quantitative estimate of drug-likeness (QED) is 0.736. The SMILES string of the molecule is CC(NC(=O)c1cc(=O)[nH]c2ccccc12)c1ccc(Br)cc1. The van der Waals surface area contributed by atoms with Crippen LogP contribution in [0, 0.1) is 0 Å². The summed E-state index contributed by atoms with van der Waals surface area (Å²) in [6.07, 6.45) is 0. The van der Waals surface area contributed by atoms with Crippen molar-refractivity contribution in [2.24, 2.45) is 0 Å². The number of aromatic nitrogens is 1. The van der Waals surface area contributed by atoms with Crippen LogP contribution in [0.15, 0.2) is 63.9 Å². The van der Waals surface area contributed by atoms with E-state index in [1.807, 2.05) is 49.4 Å². The summed E-state index contributed by atoms with van der Waals surface area (Å²) in [6, 6.07) is 16.2. The van der Waals surface area contributed by atoms with Gasteiger partial charge in [0.05, 0.1) is 11.6 Å². The van der Waals surface area contributed by atoms with Crippen LogP contribution in [0.5, 0.6) is 0 Å². The van der Waals surface area contributed by atoms with Gasteiger partial charge >= 0.3 is 0 Å².